The SMILES string of the molecule is CCc1ccccc1N(CC(=O)N/N=C/c1sccc1C)S(=O)(=O)c1ccc(C)cc1. The van der Waals surface area contributed by atoms with Crippen LogP contribution in [0.2, 0.25) is 0 Å². The molecule has 0 saturated carbocycles. The summed E-state index contributed by atoms with van der Waals surface area (Å²) in [5.41, 5.74) is 5.78. The number of rotatable bonds is 8. The number of hydrogen-bond acceptors (Lipinski definition) is 5. The Labute approximate surface area is 187 Å². The van der Waals surface area contributed by atoms with Crippen LogP contribution < -0.4 is 9.73 Å². The fraction of sp³-hybridized carbons (Fsp3) is 0.217. The second kappa shape index (κ2) is 9.89. The molecule has 0 atom stereocenters. The normalized spacial score (nSPS) is 11.6. The lowest BCUT2D eigenvalue weighted by atomic mass is 10.1. The first-order valence-corrected chi connectivity index (χ1v) is 12.2. The molecule has 0 unspecified atom stereocenters. The highest BCUT2D eigenvalue weighted by Crippen LogP contribution is 2.27. The predicted octanol–water partition coefficient (Wildman–Crippen LogP) is 4.27. The predicted molar refractivity (Wildman–Crippen MR) is 126 cm³/mol. The summed E-state index contributed by atoms with van der Waals surface area (Å²) in [5, 5.41) is 5.94. The Morgan fingerprint density at radius 3 is 2.45 bits per heavy atom. The number of amides is 1. The van der Waals surface area contributed by atoms with Crippen molar-refractivity contribution in [2.24, 2.45) is 5.10 Å². The van der Waals surface area contributed by atoms with Gasteiger partial charge in [-0.15, -0.1) is 11.3 Å². The van der Waals surface area contributed by atoms with Crippen molar-refractivity contribution in [3.63, 3.8) is 0 Å². The molecule has 3 rings (SSSR count). The quantitative estimate of drug-likeness (QED) is 0.407. The van der Waals surface area contributed by atoms with Crippen molar-refractivity contribution in [1.82, 2.24) is 5.43 Å². The molecule has 3 aromatic rings. The molecule has 8 heteroatoms. The number of nitrogens with one attached hydrogen (secondary N) is 1. The van der Waals surface area contributed by atoms with Gasteiger partial charge in [-0.2, -0.15) is 5.10 Å². The highest BCUT2D eigenvalue weighted by atomic mass is 32.2. The molecule has 0 spiro atoms. The topological polar surface area (TPSA) is 78.8 Å². The summed E-state index contributed by atoms with van der Waals surface area (Å²) in [4.78, 5) is 13.7. The molecule has 31 heavy (non-hydrogen) atoms. The number of para-hydroxylation sites is 1. The number of hydrazone groups is 1. The molecule has 1 aromatic heterocycles. The van der Waals surface area contributed by atoms with E-state index in [0.717, 1.165) is 25.9 Å². The fourth-order valence-electron chi connectivity index (χ4n) is 3.04. The number of carbonyl (C=O) groups is 1. The van der Waals surface area contributed by atoms with Crippen molar-refractivity contribution in [1.29, 1.82) is 0 Å². The van der Waals surface area contributed by atoms with Crippen molar-refractivity contribution in [2.75, 3.05) is 10.8 Å². The standard InChI is InChI=1S/C23H25N3O3S2/c1-4-19-7-5-6-8-21(19)26(31(28,29)20-11-9-17(2)10-12-20)16-23(27)25-24-15-22-18(3)13-14-30-22/h5-15H,4,16H2,1-3H3,(H,25,27)/b24-15+. The van der Waals surface area contributed by atoms with Gasteiger partial charge in [0.05, 0.1) is 16.8 Å². The summed E-state index contributed by atoms with van der Waals surface area (Å²) in [6.07, 6.45) is 2.20. The van der Waals surface area contributed by atoms with E-state index in [2.05, 4.69) is 10.5 Å². The highest BCUT2D eigenvalue weighted by Gasteiger charge is 2.28. The van der Waals surface area contributed by atoms with Crippen LogP contribution in [0.3, 0.4) is 0 Å². The number of anilines is 1. The van der Waals surface area contributed by atoms with Gasteiger partial charge in [0.2, 0.25) is 0 Å². The van der Waals surface area contributed by atoms with E-state index in [9.17, 15) is 13.2 Å². The van der Waals surface area contributed by atoms with Gasteiger partial charge in [-0.05, 0) is 61.0 Å². The summed E-state index contributed by atoms with van der Waals surface area (Å²) in [6.45, 7) is 5.41. The lowest BCUT2D eigenvalue weighted by molar-refractivity contribution is -0.119. The van der Waals surface area contributed by atoms with Gasteiger partial charge in [-0.25, -0.2) is 13.8 Å². The third-order valence-electron chi connectivity index (χ3n) is 4.81. The number of benzene rings is 2. The second-order valence-corrected chi connectivity index (χ2v) is 9.88. The minimum atomic E-state index is -3.95. The van der Waals surface area contributed by atoms with Crippen LogP contribution >= 0.6 is 11.3 Å². The summed E-state index contributed by atoms with van der Waals surface area (Å²) in [6, 6.07) is 15.8. The number of thiophene rings is 1. The lowest BCUT2D eigenvalue weighted by Crippen LogP contribution is -2.40. The zero-order valence-electron chi connectivity index (χ0n) is 17.7. The average molecular weight is 456 g/mol. The zero-order valence-corrected chi connectivity index (χ0v) is 19.3. The molecule has 1 amide bonds. The van der Waals surface area contributed by atoms with E-state index >= 15 is 0 Å². The average Bonchev–Trinajstić information content (AvgIpc) is 3.17. The summed E-state index contributed by atoms with van der Waals surface area (Å²) in [7, 11) is -3.95. The Balaban J connectivity index is 1.90. The monoisotopic (exact) mass is 455 g/mol. The largest absolute Gasteiger partial charge is 0.271 e. The zero-order chi connectivity index (χ0) is 22.4. The van der Waals surface area contributed by atoms with E-state index in [0.29, 0.717) is 12.1 Å². The van der Waals surface area contributed by atoms with Crippen LogP contribution in [0.5, 0.6) is 0 Å². The molecule has 2 aromatic carbocycles. The molecule has 0 saturated heterocycles. The maximum atomic E-state index is 13.5. The van der Waals surface area contributed by atoms with Gasteiger partial charge in [-0.1, -0.05) is 42.8 Å². The number of sulfonamides is 1. The van der Waals surface area contributed by atoms with E-state index in [1.165, 1.54) is 11.3 Å². The Hall–Kier alpha value is -2.97. The van der Waals surface area contributed by atoms with Crippen molar-refractivity contribution in [3.05, 3.63) is 81.5 Å². The molecule has 0 radical (unpaired) electrons. The third-order valence-corrected chi connectivity index (χ3v) is 7.54. The molecule has 0 aliphatic heterocycles. The van der Waals surface area contributed by atoms with Crippen molar-refractivity contribution >= 4 is 39.2 Å². The Morgan fingerprint density at radius 1 is 1.10 bits per heavy atom. The first-order chi connectivity index (χ1) is 14.8. The minimum Gasteiger partial charge on any atom is -0.271 e. The van der Waals surface area contributed by atoms with Crippen LogP contribution in [0.25, 0.3) is 0 Å². The summed E-state index contributed by atoms with van der Waals surface area (Å²) in [5.74, 6) is -0.521. The van der Waals surface area contributed by atoms with Crippen LogP contribution in [-0.2, 0) is 21.2 Å². The highest BCUT2D eigenvalue weighted by molar-refractivity contribution is 7.92. The summed E-state index contributed by atoms with van der Waals surface area (Å²) >= 11 is 1.51. The number of carbonyl (C=O) groups excluding carboxylic acids is 1. The maximum Gasteiger partial charge on any atom is 0.264 e. The molecule has 0 aliphatic rings. The van der Waals surface area contributed by atoms with Gasteiger partial charge in [0.15, 0.2) is 0 Å². The van der Waals surface area contributed by atoms with E-state index < -0.39 is 15.9 Å². The van der Waals surface area contributed by atoms with E-state index in [-0.39, 0.29) is 11.4 Å². The van der Waals surface area contributed by atoms with Gasteiger partial charge in [0.25, 0.3) is 15.9 Å². The molecular formula is C23H25N3O3S2. The van der Waals surface area contributed by atoms with Gasteiger partial charge in [-0.3, -0.25) is 9.10 Å². The fourth-order valence-corrected chi connectivity index (χ4v) is 5.28. The Morgan fingerprint density at radius 2 is 1.81 bits per heavy atom. The van der Waals surface area contributed by atoms with Gasteiger partial charge in [0.1, 0.15) is 6.54 Å². The van der Waals surface area contributed by atoms with Gasteiger partial charge in [0, 0.05) is 4.88 Å². The van der Waals surface area contributed by atoms with Gasteiger partial charge >= 0.3 is 0 Å². The maximum absolute atomic E-state index is 13.5. The minimum absolute atomic E-state index is 0.134. The van der Waals surface area contributed by atoms with E-state index in [4.69, 9.17) is 0 Å². The summed E-state index contributed by atoms with van der Waals surface area (Å²) < 4.78 is 28.1. The molecular weight excluding hydrogens is 430 g/mol. The van der Waals surface area contributed by atoms with Crippen LogP contribution in [0.1, 0.15) is 28.5 Å². The molecule has 162 valence electrons. The van der Waals surface area contributed by atoms with Gasteiger partial charge < -0.3 is 0 Å². The molecule has 0 aliphatic carbocycles. The number of aryl methyl sites for hydroxylation is 3. The van der Waals surface area contributed by atoms with E-state index in [1.54, 1.807) is 42.6 Å². The third kappa shape index (κ3) is 5.39. The molecule has 1 N–H and O–H groups in total. The van der Waals surface area contributed by atoms with Crippen molar-refractivity contribution in [2.45, 2.75) is 32.1 Å². The Bertz CT molecular complexity index is 1180. The number of hydrogen-bond donors (Lipinski definition) is 1. The first kappa shape index (κ1) is 22.7. The molecule has 6 nitrogen and oxygen atoms in total. The molecule has 0 bridgehead atoms. The lowest BCUT2D eigenvalue weighted by Gasteiger charge is -2.25. The Kier molecular flexibility index (Phi) is 7.25. The smallest absolute Gasteiger partial charge is 0.264 e. The van der Waals surface area contributed by atoms with Crippen LogP contribution in [-0.4, -0.2) is 27.1 Å². The number of nitrogens with zero attached hydrogens (tertiary/aromatic N) is 2. The second-order valence-electron chi connectivity index (χ2n) is 7.07. The van der Waals surface area contributed by atoms with Crippen molar-refractivity contribution < 1.29 is 13.2 Å². The van der Waals surface area contributed by atoms with Crippen LogP contribution in [0.15, 0.2) is 70.0 Å². The molecule has 1 heterocycles. The first-order valence-electron chi connectivity index (χ1n) is 9.86. The molecule has 0 fully saturated rings. The van der Waals surface area contributed by atoms with Crippen LogP contribution in [0.4, 0.5) is 5.69 Å². The van der Waals surface area contributed by atoms with E-state index in [1.807, 2.05) is 44.4 Å². The van der Waals surface area contributed by atoms with Crippen molar-refractivity contribution in [3.8, 4) is 0 Å². The van der Waals surface area contributed by atoms with Crippen LogP contribution in [0, 0.1) is 13.8 Å².